The summed E-state index contributed by atoms with van der Waals surface area (Å²) in [5.74, 6) is 1.12. The highest BCUT2D eigenvalue weighted by Crippen LogP contribution is 2.30. The Hall–Kier alpha value is -2.31. The van der Waals surface area contributed by atoms with E-state index in [0.29, 0.717) is 42.4 Å². The molecule has 1 amide bonds. The highest BCUT2D eigenvalue weighted by Gasteiger charge is 2.31. The van der Waals surface area contributed by atoms with E-state index in [1.54, 1.807) is 24.8 Å². The standard InChI is InChI=1S/C20H23F3N2O2/c1-13-18(24-14(2)27-13)19(26)25-10-4-6-16(12-25)9-8-15-5-3-7-17(11-15)20(21,22)23/h3,5,7,11,16H,4,6,8-10,12H2,1-2H3/t16-/m1/s1. The first-order valence-corrected chi connectivity index (χ1v) is 9.13. The predicted molar refractivity (Wildman–Crippen MR) is 94.4 cm³/mol. The van der Waals surface area contributed by atoms with Gasteiger partial charge in [0.2, 0.25) is 0 Å². The fraction of sp³-hybridized carbons (Fsp3) is 0.500. The van der Waals surface area contributed by atoms with Gasteiger partial charge in [0.25, 0.3) is 5.91 Å². The summed E-state index contributed by atoms with van der Waals surface area (Å²) in [5, 5.41) is 0. The second-order valence-electron chi connectivity index (χ2n) is 7.13. The molecule has 27 heavy (non-hydrogen) atoms. The molecule has 2 heterocycles. The van der Waals surface area contributed by atoms with Crippen LogP contribution in [0.25, 0.3) is 0 Å². The minimum absolute atomic E-state index is 0.131. The van der Waals surface area contributed by atoms with Crippen molar-refractivity contribution in [3.05, 3.63) is 52.7 Å². The van der Waals surface area contributed by atoms with Crippen LogP contribution in [0, 0.1) is 19.8 Å². The highest BCUT2D eigenvalue weighted by atomic mass is 19.4. The highest BCUT2D eigenvalue weighted by molar-refractivity contribution is 5.93. The summed E-state index contributed by atoms with van der Waals surface area (Å²) in [4.78, 5) is 18.6. The molecule has 0 bridgehead atoms. The summed E-state index contributed by atoms with van der Waals surface area (Å²) >= 11 is 0. The maximum atomic E-state index is 12.8. The zero-order valence-electron chi connectivity index (χ0n) is 15.5. The van der Waals surface area contributed by atoms with Crippen molar-refractivity contribution in [1.82, 2.24) is 9.88 Å². The number of aromatic nitrogens is 1. The van der Waals surface area contributed by atoms with Gasteiger partial charge < -0.3 is 9.32 Å². The van der Waals surface area contributed by atoms with Crippen molar-refractivity contribution < 1.29 is 22.4 Å². The average Bonchev–Trinajstić information content (AvgIpc) is 2.97. The van der Waals surface area contributed by atoms with Gasteiger partial charge in [-0.2, -0.15) is 13.2 Å². The van der Waals surface area contributed by atoms with Crippen molar-refractivity contribution in [2.75, 3.05) is 13.1 Å². The Labute approximate surface area is 156 Å². The van der Waals surface area contributed by atoms with Crippen molar-refractivity contribution in [2.24, 2.45) is 5.92 Å². The number of amides is 1. The molecule has 0 saturated carbocycles. The Morgan fingerprint density at radius 3 is 2.78 bits per heavy atom. The number of halogens is 3. The monoisotopic (exact) mass is 380 g/mol. The van der Waals surface area contributed by atoms with Crippen LogP contribution in [-0.2, 0) is 12.6 Å². The number of piperidine rings is 1. The number of nitrogens with zero attached hydrogens (tertiary/aromatic N) is 2. The van der Waals surface area contributed by atoms with Gasteiger partial charge in [-0.05, 0) is 50.2 Å². The van der Waals surface area contributed by atoms with Crippen LogP contribution in [0.4, 0.5) is 13.2 Å². The second kappa shape index (κ2) is 7.74. The van der Waals surface area contributed by atoms with Gasteiger partial charge in [0.05, 0.1) is 5.56 Å². The molecule has 4 nitrogen and oxygen atoms in total. The van der Waals surface area contributed by atoms with E-state index in [0.717, 1.165) is 25.3 Å². The molecule has 1 aromatic carbocycles. The molecule has 146 valence electrons. The number of carbonyl (C=O) groups is 1. The van der Waals surface area contributed by atoms with Gasteiger partial charge in [-0.3, -0.25) is 4.79 Å². The largest absolute Gasteiger partial charge is 0.445 e. The third kappa shape index (κ3) is 4.70. The van der Waals surface area contributed by atoms with Gasteiger partial charge >= 0.3 is 6.18 Å². The first-order valence-electron chi connectivity index (χ1n) is 9.13. The lowest BCUT2D eigenvalue weighted by molar-refractivity contribution is -0.137. The smallest absolute Gasteiger partial charge is 0.416 e. The number of likely N-dealkylation sites (tertiary alicyclic amines) is 1. The normalized spacial score (nSPS) is 18.0. The molecule has 0 radical (unpaired) electrons. The van der Waals surface area contributed by atoms with Gasteiger partial charge in [0.1, 0.15) is 5.76 Å². The fourth-order valence-electron chi connectivity index (χ4n) is 3.64. The molecule has 3 rings (SSSR count). The minimum Gasteiger partial charge on any atom is -0.445 e. The molecule has 1 atom stereocenters. The lowest BCUT2D eigenvalue weighted by atomic mass is 9.91. The lowest BCUT2D eigenvalue weighted by Gasteiger charge is -2.32. The number of carbonyl (C=O) groups excluding carboxylic acids is 1. The maximum absolute atomic E-state index is 12.8. The average molecular weight is 380 g/mol. The summed E-state index contributed by atoms with van der Waals surface area (Å²) in [5.41, 5.74) is 0.416. The van der Waals surface area contributed by atoms with Crippen molar-refractivity contribution >= 4 is 5.91 Å². The third-order valence-electron chi connectivity index (χ3n) is 5.01. The van der Waals surface area contributed by atoms with Gasteiger partial charge in [-0.1, -0.05) is 18.2 Å². The summed E-state index contributed by atoms with van der Waals surface area (Å²) in [6.07, 6.45) is -1.15. The van der Waals surface area contributed by atoms with Crippen LogP contribution in [0.2, 0.25) is 0 Å². The molecule has 0 aliphatic carbocycles. The molecule has 7 heteroatoms. The number of alkyl halides is 3. The number of aryl methyl sites for hydroxylation is 3. The van der Waals surface area contributed by atoms with Gasteiger partial charge in [-0.25, -0.2) is 4.98 Å². The SMILES string of the molecule is Cc1nc(C(=O)N2CCC[C@H](CCc3cccc(C(F)(F)F)c3)C2)c(C)o1. The molecule has 0 unspecified atom stereocenters. The third-order valence-corrected chi connectivity index (χ3v) is 5.01. The van der Waals surface area contributed by atoms with Crippen LogP contribution < -0.4 is 0 Å². The predicted octanol–water partition coefficient (Wildman–Crippen LogP) is 4.80. The molecule has 1 aliphatic rings. The molecule has 1 aliphatic heterocycles. The van der Waals surface area contributed by atoms with E-state index in [2.05, 4.69) is 4.98 Å². The van der Waals surface area contributed by atoms with Crippen LogP contribution in [-0.4, -0.2) is 28.9 Å². The van der Waals surface area contributed by atoms with E-state index in [9.17, 15) is 18.0 Å². The van der Waals surface area contributed by atoms with E-state index < -0.39 is 11.7 Å². The van der Waals surface area contributed by atoms with E-state index in [4.69, 9.17) is 4.42 Å². The van der Waals surface area contributed by atoms with Crippen LogP contribution >= 0.6 is 0 Å². The number of oxazole rings is 1. The lowest BCUT2D eigenvalue weighted by Crippen LogP contribution is -2.40. The summed E-state index contributed by atoms with van der Waals surface area (Å²) < 4.78 is 43.9. The quantitative estimate of drug-likeness (QED) is 0.766. The molecule has 1 saturated heterocycles. The molecule has 1 aromatic heterocycles. The molecule has 0 spiro atoms. The zero-order chi connectivity index (χ0) is 19.6. The number of benzene rings is 1. The number of hydrogen-bond acceptors (Lipinski definition) is 3. The maximum Gasteiger partial charge on any atom is 0.416 e. The minimum atomic E-state index is -4.32. The van der Waals surface area contributed by atoms with Crippen LogP contribution in [0.1, 0.15) is 52.5 Å². The van der Waals surface area contributed by atoms with Crippen LogP contribution in [0.15, 0.2) is 28.7 Å². The Kier molecular flexibility index (Phi) is 5.58. The Morgan fingerprint density at radius 1 is 1.33 bits per heavy atom. The fourth-order valence-corrected chi connectivity index (χ4v) is 3.64. The van der Waals surface area contributed by atoms with Gasteiger partial charge in [0.15, 0.2) is 11.6 Å². The molecular formula is C20H23F3N2O2. The Bertz CT molecular complexity index is 814. The van der Waals surface area contributed by atoms with E-state index >= 15 is 0 Å². The summed E-state index contributed by atoms with van der Waals surface area (Å²) in [7, 11) is 0. The first-order chi connectivity index (χ1) is 12.7. The second-order valence-corrected chi connectivity index (χ2v) is 7.13. The summed E-state index contributed by atoms with van der Waals surface area (Å²) in [6, 6.07) is 5.48. The first kappa shape index (κ1) is 19.5. The molecular weight excluding hydrogens is 357 g/mol. The van der Waals surface area contributed by atoms with Crippen LogP contribution in [0.3, 0.4) is 0 Å². The molecule has 0 N–H and O–H groups in total. The van der Waals surface area contributed by atoms with Gasteiger partial charge in [0, 0.05) is 20.0 Å². The zero-order valence-corrected chi connectivity index (χ0v) is 15.5. The van der Waals surface area contributed by atoms with E-state index in [1.165, 1.54) is 12.1 Å². The Morgan fingerprint density at radius 2 is 2.11 bits per heavy atom. The molecule has 1 fully saturated rings. The molecule has 2 aromatic rings. The van der Waals surface area contributed by atoms with E-state index in [-0.39, 0.29) is 11.8 Å². The van der Waals surface area contributed by atoms with Crippen molar-refractivity contribution in [1.29, 1.82) is 0 Å². The van der Waals surface area contributed by atoms with E-state index in [1.807, 2.05) is 0 Å². The number of hydrogen-bond donors (Lipinski definition) is 0. The number of rotatable bonds is 4. The van der Waals surface area contributed by atoms with Crippen molar-refractivity contribution in [2.45, 2.75) is 45.7 Å². The van der Waals surface area contributed by atoms with Crippen LogP contribution in [0.5, 0.6) is 0 Å². The Balaban J connectivity index is 1.60. The van der Waals surface area contributed by atoms with Gasteiger partial charge in [-0.15, -0.1) is 0 Å². The van der Waals surface area contributed by atoms with Crippen molar-refractivity contribution in [3.63, 3.8) is 0 Å². The summed E-state index contributed by atoms with van der Waals surface area (Å²) in [6.45, 7) is 4.70. The topological polar surface area (TPSA) is 46.3 Å². The van der Waals surface area contributed by atoms with Crippen molar-refractivity contribution in [3.8, 4) is 0 Å².